The monoisotopic (exact) mass is 573 g/mol. The Hall–Kier alpha value is -5.08. The van der Waals surface area contributed by atoms with Gasteiger partial charge in [0.2, 0.25) is 29.2 Å². The number of hydrogen-bond donors (Lipinski definition) is 2. The molecule has 1 fully saturated rings. The first-order chi connectivity index (χ1) is 19.5. The summed E-state index contributed by atoms with van der Waals surface area (Å²) in [7, 11) is 0. The van der Waals surface area contributed by atoms with E-state index in [1.807, 2.05) is 0 Å². The van der Waals surface area contributed by atoms with E-state index in [2.05, 4.69) is 15.1 Å². The number of rotatable bonds is 6. The molecule has 1 aliphatic rings. The second-order valence-corrected chi connectivity index (χ2v) is 9.11. The fourth-order valence-electron chi connectivity index (χ4n) is 4.56. The molecule has 5 rings (SSSR count). The number of aromatic nitrogens is 4. The van der Waals surface area contributed by atoms with Crippen molar-refractivity contribution in [1.82, 2.24) is 24.6 Å². The number of ether oxygens (including phenoxy) is 1. The molecule has 0 radical (unpaired) electrons. The average molecular weight is 573 g/mol. The Balaban J connectivity index is 1.51. The molecule has 10 nitrogen and oxygen atoms in total. The number of nitrogens with zero attached hydrogens (tertiary/aromatic N) is 5. The van der Waals surface area contributed by atoms with Crippen LogP contribution in [-0.2, 0) is 9.59 Å². The molecule has 0 aliphatic carbocycles. The van der Waals surface area contributed by atoms with Gasteiger partial charge in [-0.25, -0.2) is 27.8 Å². The predicted octanol–water partition coefficient (Wildman–Crippen LogP) is 3.77. The molecule has 212 valence electrons. The molecule has 2 aromatic heterocycles. The van der Waals surface area contributed by atoms with Crippen LogP contribution in [0.15, 0.2) is 42.7 Å². The molecular formula is C26H20F5N7O3. The zero-order valence-electron chi connectivity index (χ0n) is 21.0. The number of halogens is 5. The summed E-state index contributed by atoms with van der Waals surface area (Å²) in [6, 6.07) is 2.68. The smallest absolute Gasteiger partial charge is 0.246 e. The van der Waals surface area contributed by atoms with Crippen LogP contribution in [0.5, 0.6) is 11.5 Å². The number of nitrogens with two attached hydrogens (primary N) is 2. The van der Waals surface area contributed by atoms with Crippen molar-refractivity contribution in [2.24, 2.45) is 5.73 Å². The van der Waals surface area contributed by atoms with E-state index in [-0.39, 0.29) is 40.7 Å². The summed E-state index contributed by atoms with van der Waals surface area (Å²) in [5.74, 6) is -10.9. The van der Waals surface area contributed by atoms with Crippen molar-refractivity contribution in [1.29, 1.82) is 0 Å². The summed E-state index contributed by atoms with van der Waals surface area (Å²) in [6.45, 7) is 0.618. The first-order valence-electron chi connectivity index (χ1n) is 12.1. The first kappa shape index (κ1) is 27.5. The van der Waals surface area contributed by atoms with Crippen molar-refractivity contribution < 1.29 is 36.3 Å². The molecule has 2 amide bonds. The topological polar surface area (TPSA) is 142 Å². The third-order valence-electron chi connectivity index (χ3n) is 6.45. The maximum absolute atomic E-state index is 15.4. The Kier molecular flexibility index (Phi) is 7.26. The maximum atomic E-state index is 15.4. The second-order valence-electron chi connectivity index (χ2n) is 9.11. The molecule has 1 saturated heterocycles. The molecule has 4 aromatic rings. The minimum atomic E-state index is -1.78. The normalized spacial score (nSPS) is 15.5. The molecular weight excluding hydrogens is 553 g/mol. The number of fused-ring (bicyclic) bond motifs is 1. The number of primary amides is 1. The Morgan fingerprint density at radius 3 is 2.41 bits per heavy atom. The number of piperidine rings is 1. The lowest BCUT2D eigenvalue weighted by Crippen LogP contribution is -2.40. The highest BCUT2D eigenvalue weighted by Gasteiger charge is 2.29. The molecule has 3 heterocycles. The zero-order valence-corrected chi connectivity index (χ0v) is 21.0. The van der Waals surface area contributed by atoms with Crippen molar-refractivity contribution in [2.45, 2.75) is 18.9 Å². The van der Waals surface area contributed by atoms with Crippen molar-refractivity contribution in [3.05, 3.63) is 71.8 Å². The van der Waals surface area contributed by atoms with Crippen LogP contribution in [0, 0.1) is 29.1 Å². The Bertz CT molecular complexity index is 1700. The minimum absolute atomic E-state index is 0.0107. The van der Waals surface area contributed by atoms with E-state index in [1.165, 1.54) is 22.0 Å². The van der Waals surface area contributed by atoms with Gasteiger partial charge < -0.3 is 21.1 Å². The van der Waals surface area contributed by atoms with Crippen LogP contribution < -0.4 is 16.2 Å². The third kappa shape index (κ3) is 5.25. The molecule has 1 atom stereocenters. The number of amides is 2. The Morgan fingerprint density at radius 2 is 1.73 bits per heavy atom. The molecule has 1 aliphatic heterocycles. The lowest BCUT2D eigenvalue weighted by atomic mass is 10.1. The number of likely N-dealkylation sites (tertiary alicyclic amines) is 1. The van der Waals surface area contributed by atoms with E-state index in [0.29, 0.717) is 19.4 Å². The van der Waals surface area contributed by atoms with Gasteiger partial charge in [-0.3, -0.25) is 9.59 Å². The highest BCUT2D eigenvalue weighted by atomic mass is 19.2. The van der Waals surface area contributed by atoms with Crippen LogP contribution in [0.4, 0.5) is 27.8 Å². The number of anilines is 1. The van der Waals surface area contributed by atoms with Gasteiger partial charge in [0, 0.05) is 42.9 Å². The van der Waals surface area contributed by atoms with E-state index in [0.717, 1.165) is 24.3 Å². The summed E-state index contributed by atoms with van der Waals surface area (Å²) >= 11 is 0. The van der Waals surface area contributed by atoms with Gasteiger partial charge in [-0.2, -0.15) is 13.9 Å². The SMILES string of the molecule is NC(=O)C=CC(=O)N1CCCC(n2nc(-c3ccc(Oc4c(F)c(F)cc(F)c4F)cc3F)c3c(N)ncnc32)C1. The highest BCUT2D eigenvalue weighted by molar-refractivity contribution is 5.98. The Morgan fingerprint density at radius 1 is 1.00 bits per heavy atom. The van der Waals surface area contributed by atoms with Crippen LogP contribution in [0.2, 0.25) is 0 Å². The molecule has 2 aromatic carbocycles. The largest absolute Gasteiger partial charge is 0.451 e. The highest BCUT2D eigenvalue weighted by Crippen LogP contribution is 2.37. The van der Waals surface area contributed by atoms with Crippen molar-refractivity contribution in [3.8, 4) is 22.8 Å². The summed E-state index contributed by atoms with van der Waals surface area (Å²) in [4.78, 5) is 33.3. The zero-order chi connectivity index (χ0) is 29.4. The minimum Gasteiger partial charge on any atom is -0.451 e. The van der Waals surface area contributed by atoms with Crippen LogP contribution in [0.3, 0.4) is 0 Å². The third-order valence-corrected chi connectivity index (χ3v) is 6.45. The van der Waals surface area contributed by atoms with Crippen molar-refractivity contribution >= 4 is 28.7 Å². The van der Waals surface area contributed by atoms with E-state index in [9.17, 15) is 27.2 Å². The molecule has 0 saturated carbocycles. The predicted molar refractivity (Wildman–Crippen MR) is 135 cm³/mol. The van der Waals surface area contributed by atoms with Crippen LogP contribution in [0.1, 0.15) is 18.9 Å². The van der Waals surface area contributed by atoms with Gasteiger partial charge in [-0.15, -0.1) is 0 Å². The summed E-state index contributed by atoms with van der Waals surface area (Å²) < 4.78 is 77.0. The quantitative estimate of drug-likeness (QED) is 0.203. The Labute approximate surface area is 228 Å². The van der Waals surface area contributed by atoms with E-state index in [1.54, 1.807) is 0 Å². The van der Waals surface area contributed by atoms with Gasteiger partial charge in [-0.1, -0.05) is 0 Å². The summed E-state index contributed by atoms with van der Waals surface area (Å²) in [6.07, 6.45) is 4.42. The molecule has 0 bridgehead atoms. The molecule has 41 heavy (non-hydrogen) atoms. The van der Waals surface area contributed by atoms with Gasteiger partial charge in [0.05, 0.1) is 11.4 Å². The first-order valence-corrected chi connectivity index (χ1v) is 12.1. The van der Waals surface area contributed by atoms with Gasteiger partial charge >= 0.3 is 0 Å². The summed E-state index contributed by atoms with van der Waals surface area (Å²) in [5, 5.41) is 4.75. The number of benzene rings is 2. The average Bonchev–Trinajstić information content (AvgIpc) is 3.34. The summed E-state index contributed by atoms with van der Waals surface area (Å²) in [5.41, 5.74) is 11.4. The van der Waals surface area contributed by atoms with Crippen LogP contribution in [-0.4, -0.2) is 49.6 Å². The fraction of sp³-hybridized carbons (Fsp3) is 0.192. The number of carbonyl (C=O) groups is 2. The number of hydrogen-bond acceptors (Lipinski definition) is 7. The lowest BCUT2D eigenvalue weighted by molar-refractivity contribution is -0.128. The standard InChI is InChI=1S/C26H20F5N7O3/c27-15-8-13(41-24-21(30)16(28)9-17(29)22(24)31)3-4-14(15)23-20-25(33)34-11-35-26(20)38(36-23)12-2-1-7-37(10-12)19(40)6-5-18(32)39/h3-6,8-9,11-12H,1-2,7,10H2,(H2,32,39)(H2,33,34,35). The molecule has 4 N–H and O–H groups in total. The molecule has 15 heteroatoms. The lowest BCUT2D eigenvalue weighted by Gasteiger charge is -2.32. The van der Waals surface area contributed by atoms with E-state index < -0.39 is 58.4 Å². The fourth-order valence-corrected chi connectivity index (χ4v) is 4.56. The molecule has 1 unspecified atom stereocenters. The van der Waals surface area contributed by atoms with Gasteiger partial charge in [0.25, 0.3) is 0 Å². The second kappa shape index (κ2) is 10.8. The van der Waals surface area contributed by atoms with Crippen LogP contribution in [0.25, 0.3) is 22.3 Å². The molecule has 0 spiro atoms. The number of carbonyl (C=O) groups excluding carboxylic acids is 2. The van der Waals surface area contributed by atoms with Crippen LogP contribution >= 0.6 is 0 Å². The number of nitrogen functional groups attached to an aromatic ring is 1. The van der Waals surface area contributed by atoms with Crippen molar-refractivity contribution in [3.63, 3.8) is 0 Å². The van der Waals surface area contributed by atoms with Gasteiger partial charge in [0.1, 0.15) is 29.4 Å². The van der Waals surface area contributed by atoms with E-state index >= 15 is 4.39 Å². The van der Waals surface area contributed by atoms with Gasteiger partial charge in [-0.05, 0) is 25.0 Å². The van der Waals surface area contributed by atoms with E-state index in [4.69, 9.17) is 16.2 Å². The van der Waals surface area contributed by atoms with Crippen molar-refractivity contribution in [2.75, 3.05) is 18.8 Å². The maximum Gasteiger partial charge on any atom is 0.246 e. The van der Waals surface area contributed by atoms with Gasteiger partial charge in [0.15, 0.2) is 17.3 Å².